The molecule has 0 bridgehead atoms. The van der Waals surface area contributed by atoms with Crippen LogP contribution in [0.1, 0.15) is 22.8 Å². The number of benzene rings is 2. The van der Waals surface area contributed by atoms with Crippen LogP contribution in [0.25, 0.3) is 0 Å². The number of nitrogens with two attached hydrogens (primary N) is 1. The summed E-state index contributed by atoms with van der Waals surface area (Å²) in [6.07, 6.45) is -0.186. The topological polar surface area (TPSA) is 59.6 Å². The van der Waals surface area contributed by atoms with E-state index < -0.39 is 0 Å². The van der Waals surface area contributed by atoms with Crippen molar-refractivity contribution >= 4 is 47.2 Å². The number of methoxy groups -OCH3 is 1. The van der Waals surface area contributed by atoms with Gasteiger partial charge in [-0.3, -0.25) is 4.99 Å². The van der Waals surface area contributed by atoms with Crippen LogP contribution < -0.4 is 11.1 Å². The van der Waals surface area contributed by atoms with Gasteiger partial charge in [0.1, 0.15) is 6.10 Å². The maximum atomic E-state index is 6.02. The number of nitrogens with zero attached hydrogens (tertiary/aromatic N) is 1. The molecule has 2 rings (SSSR count). The molecule has 0 amide bonds. The minimum atomic E-state index is -0.186. The number of rotatable bonds is 5. The van der Waals surface area contributed by atoms with Crippen molar-refractivity contribution < 1.29 is 4.74 Å². The second kappa shape index (κ2) is 9.86. The number of aryl methyl sites for hydroxylation is 2. The molecule has 6 heteroatoms. The molecule has 0 aliphatic heterocycles. The number of hydrogen-bond acceptors (Lipinski definition) is 2. The van der Waals surface area contributed by atoms with Gasteiger partial charge in [-0.1, -0.05) is 29.8 Å². The van der Waals surface area contributed by atoms with E-state index in [1.165, 1.54) is 11.1 Å². The van der Waals surface area contributed by atoms with Crippen LogP contribution in [0.15, 0.2) is 47.5 Å². The number of hydrogen-bond donors (Lipinski definition) is 2. The van der Waals surface area contributed by atoms with Gasteiger partial charge in [-0.05, 0) is 54.8 Å². The Morgan fingerprint density at radius 2 is 1.96 bits per heavy atom. The Bertz CT molecular complexity index is 706. The van der Waals surface area contributed by atoms with Crippen molar-refractivity contribution in [3.8, 4) is 0 Å². The number of aliphatic imine (C=N–C) groups is 1. The molecule has 130 valence electrons. The molecule has 0 saturated carbocycles. The van der Waals surface area contributed by atoms with Crippen molar-refractivity contribution in [2.75, 3.05) is 19.0 Å². The number of guanidine groups is 1. The van der Waals surface area contributed by atoms with E-state index in [1.807, 2.05) is 36.4 Å². The van der Waals surface area contributed by atoms with Crippen LogP contribution in [0, 0.1) is 13.8 Å². The second-order valence-corrected chi connectivity index (χ2v) is 5.87. The van der Waals surface area contributed by atoms with E-state index in [-0.39, 0.29) is 30.1 Å². The lowest BCUT2D eigenvalue weighted by molar-refractivity contribution is 0.111. The van der Waals surface area contributed by atoms with Crippen molar-refractivity contribution in [2.45, 2.75) is 20.0 Å². The molecular weight excluding hydrogens is 437 g/mol. The smallest absolute Gasteiger partial charge is 0.193 e. The quantitative estimate of drug-likeness (QED) is 0.387. The summed E-state index contributed by atoms with van der Waals surface area (Å²) in [6.45, 7) is 4.55. The Morgan fingerprint density at radius 1 is 1.21 bits per heavy atom. The molecule has 0 fully saturated rings. The summed E-state index contributed by atoms with van der Waals surface area (Å²) < 4.78 is 5.48. The fraction of sp³-hybridized carbons (Fsp3) is 0.278. The van der Waals surface area contributed by atoms with Crippen LogP contribution in [0.4, 0.5) is 5.69 Å². The van der Waals surface area contributed by atoms with Crippen LogP contribution >= 0.6 is 35.6 Å². The normalized spacial score (nSPS) is 12.4. The number of anilines is 1. The Kier molecular flexibility index (Phi) is 8.52. The lowest BCUT2D eigenvalue weighted by Gasteiger charge is -2.14. The maximum absolute atomic E-state index is 6.02. The first kappa shape index (κ1) is 20.7. The summed E-state index contributed by atoms with van der Waals surface area (Å²) in [5.74, 6) is 0.359. The van der Waals surface area contributed by atoms with E-state index in [9.17, 15) is 0 Å². The highest BCUT2D eigenvalue weighted by Gasteiger charge is 2.10. The van der Waals surface area contributed by atoms with Gasteiger partial charge in [0.2, 0.25) is 0 Å². The molecule has 2 aromatic carbocycles. The third-order valence-electron chi connectivity index (χ3n) is 3.71. The van der Waals surface area contributed by atoms with E-state index in [0.29, 0.717) is 17.5 Å². The van der Waals surface area contributed by atoms with E-state index in [2.05, 4.69) is 30.2 Å². The van der Waals surface area contributed by atoms with Gasteiger partial charge in [-0.15, -0.1) is 24.0 Å². The molecule has 2 aromatic rings. The highest BCUT2D eigenvalue weighted by atomic mass is 127. The van der Waals surface area contributed by atoms with E-state index in [0.717, 1.165) is 11.3 Å². The molecular formula is C18H23ClIN3O. The summed E-state index contributed by atoms with van der Waals surface area (Å²) in [5.41, 5.74) is 10.3. The van der Waals surface area contributed by atoms with Crippen LogP contribution in [0.5, 0.6) is 0 Å². The molecule has 1 atom stereocenters. The van der Waals surface area contributed by atoms with Crippen LogP contribution in [-0.4, -0.2) is 19.6 Å². The standard InChI is InChI=1S/C18H22ClN3O.HI/c1-12-7-8-16(9-13(12)2)22-18(20)21-11-17(23-3)14-5-4-6-15(19)10-14;/h4-10,17H,11H2,1-3H3,(H3,20,21,22);1H. The third-order valence-corrected chi connectivity index (χ3v) is 3.95. The number of halogens is 2. The zero-order valence-electron chi connectivity index (χ0n) is 14.0. The average molecular weight is 460 g/mol. The number of nitrogens with one attached hydrogen (secondary N) is 1. The highest BCUT2D eigenvalue weighted by molar-refractivity contribution is 14.0. The fourth-order valence-electron chi connectivity index (χ4n) is 2.21. The first-order valence-electron chi connectivity index (χ1n) is 7.42. The summed E-state index contributed by atoms with van der Waals surface area (Å²) in [7, 11) is 1.65. The summed E-state index contributed by atoms with van der Waals surface area (Å²) in [6, 6.07) is 13.6. The van der Waals surface area contributed by atoms with E-state index >= 15 is 0 Å². The lowest BCUT2D eigenvalue weighted by atomic mass is 10.1. The van der Waals surface area contributed by atoms with Crippen LogP contribution in [-0.2, 0) is 4.74 Å². The van der Waals surface area contributed by atoms with E-state index in [4.69, 9.17) is 22.1 Å². The average Bonchev–Trinajstić information content (AvgIpc) is 2.52. The summed E-state index contributed by atoms with van der Waals surface area (Å²) in [5, 5.41) is 3.77. The predicted molar refractivity (Wildman–Crippen MR) is 113 cm³/mol. The minimum absolute atomic E-state index is 0. The Morgan fingerprint density at radius 3 is 2.58 bits per heavy atom. The third kappa shape index (κ3) is 5.96. The van der Waals surface area contributed by atoms with Gasteiger partial charge in [-0.2, -0.15) is 0 Å². The van der Waals surface area contributed by atoms with Gasteiger partial charge < -0.3 is 15.8 Å². The van der Waals surface area contributed by atoms with Crippen molar-refractivity contribution in [3.05, 3.63) is 64.2 Å². The predicted octanol–water partition coefficient (Wildman–Crippen LogP) is 4.69. The van der Waals surface area contributed by atoms with Crippen LogP contribution in [0.3, 0.4) is 0 Å². The van der Waals surface area contributed by atoms with Gasteiger partial charge in [0.25, 0.3) is 0 Å². The molecule has 3 N–H and O–H groups in total. The van der Waals surface area contributed by atoms with Crippen molar-refractivity contribution in [1.82, 2.24) is 0 Å². The zero-order chi connectivity index (χ0) is 16.8. The molecule has 24 heavy (non-hydrogen) atoms. The van der Waals surface area contributed by atoms with Crippen molar-refractivity contribution in [2.24, 2.45) is 10.7 Å². The van der Waals surface area contributed by atoms with E-state index in [1.54, 1.807) is 7.11 Å². The van der Waals surface area contributed by atoms with Crippen molar-refractivity contribution in [3.63, 3.8) is 0 Å². The molecule has 0 heterocycles. The molecule has 0 aromatic heterocycles. The zero-order valence-corrected chi connectivity index (χ0v) is 17.1. The second-order valence-electron chi connectivity index (χ2n) is 5.43. The monoisotopic (exact) mass is 459 g/mol. The fourth-order valence-corrected chi connectivity index (χ4v) is 2.41. The van der Waals surface area contributed by atoms with Gasteiger partial charge in [0, 0.05) is 17.8 Å². The van der Waals surface area contributed by atoms with Crippen LogP contribution in [0.2, 0.25) is 5.02 Å². The molecule has 4 nitrogen and oxygen atoms in total. The minimum Gasteiger partial charge on any atom is -0.375 e. The lowest BCUT2D eigenvalue weighted by Crippen LogP contribution is -2.24. The first-order valence-corrected chi connectivity index (χ1v) is 7.80. The largest absolute Gasteiger partial charge is 0.375 e. The van der Waals surface area contributed by atoms with Gasteiger partial charge in [0.05, 0.1) is 6.54 Å². The molecule has 0 radical (unpaired) electrons. The maximum Gasteiger partial charge on any atom is 0.193 e. The van der Waals surface area contributed by atoms with Gasteiger partial charge in [0.15, 0.2) is 5.96 Å². The molecule has 0 aliphatic rings. The molecule has 0 aliphatic carbocycles. The molecule has 0 spiro atoms. The summed E-state index contributed by atoms with van der Waals surface area (Å²) >= 11 is 6.02. The highest BCUT2D eigenvalue weighted by Crippen LogP contribution is 2.21. The van der Waals surface area contributed by atoms with Gasteiger partial charge >= 0.3 is 0 Å². The SMILES string of the molecule is COC(CN=C(N)Nc1ccc(C)c(C)c1)c1cccc(Cl)c1.I. The Hall–Kier alpha value is -1.31. The molecule has 0 saturated heterocycles. The molecule has 1 unspecified atom stereocenters. The van der Waals surface area contributed by atoms with Gasteiger partial charge in [-0.25, -0.2) is 0 Å². The Balaban J connectivity index is 0.00000288. The number of ether oxygens (including phenoxy) is 1. The summed E-state index contributed by atoms with van der Waals surface area (Å²) in [4.78, 5) is 4.36. The van der Waals surface area contributed by atoms with Crippen molar-refractivity contribution in [1.29, 1.82) is 0 Å². The Labute approximate surface area is 165 Å². The first-order chi connectivity index (χ1) is 11.0.